The molecule has 0 aromatic carbocycles. The fourth-order valence-electron chi connectivity index (χ4n) is 0.815. The Kier molecular flexibility index (Phi) is 4.89. The van der Waals surface area contributed by atoms with Crippen molar-refractivity contribution >= 4 is 29.1 Å². The van der Waals surface area contributed by atoms with Crippen molar-refractivity contribution in [2.45, 2.75) is 24.1 Å². The number of esters is 1. The summed E-state index contributed by atoms with van der Waals surface area (Å²) in [7, 11) is 1.41. The smallest absolute Gasteiger partial charge is 0.305 e. The number of ether oxygens (including phenoxy) is 1. The molecule has 0 aliphatic carbocycles. The Morgan fingerprint density at radius 3 is 2.93 bits per heavy atom. The van der Waals surface area contributed by atoms with Crippen LogP contribution in [0, 0.1) is 6.92 Å². The molecule has 0 aliphatic rings. The van der Waals surface area contributed by atoms with E-state index in [0.717, 1.165) is 21.5 Å². The summed E-state index contributed by atoms with van der Waals surface area (Å²) in [6.07, 6.45) is 1.29. The molecule has 1 rings (SSSR count). The first-order valence-corrected chi connectivity index (χ1v) is 6.02. The summed E-state index contributed by atoms with van der Waals surface area (Å²) in [5, 5.41) is 8.84. The first-order valence-electron chi connectivity index (χ1n) is 4.22. The van der Waals surface area contributed by atoms with Crippen LogP contribution in [0.4, 0.5) is 0 Å². The van der Waals surface area contributed by atoms with Crippen molar-refractivity contribution in [2.24, 2.45) is 0 Å². The Bertz CT molecular complexity index is 301. The van der Waals surface area contributed by atoms with Crippen molar-refractivity contribution in [1.82, 2.24) is 10.2 Å². The minimum Gasteiger partial charge on any atom is -0.469 e. The van der Waals surface area contributed by atoms with Gasteiger partial charge in [-0.15, -0.1) is 10.2 Å². The highest BCUT2D eigenvalue weighted by Gasteiger charge is 2.03. The second-order valence-corrected chi connectivity index (χ2v) is 5.14. The van der Waals surface area contributed by atoms with E-state index in [0.29, 0.717) is 6.42 Å². The monoisotopic (exact) mass is 232 g/mol. The zero-order valence-electron chi connectivity index (χ0n) is 8.15. The molecule has 4 nitrogen and oxygen atoms in total. The normalized spacial score (nSPS) is 10.1. The molecule has 1 heterocycles. The fourth-order valence-corrected chi connectivity index (χ4v) is 2.64. The van der Waals surface area contributed by atoms with Crippen LogP contribution in [0.1, 0.15) is 17.8 Å². The maximum Gasteiger partial charge on any atom is 0.305 e. The number of carbonyl (C=O) groups is 1. The summed E-state index contributed by atoms with van der Waals surface area (Å²) in [6, 6.07) is 0. The van der Waals surface area contributed by atoms with E-state index in [9.17, 15) is 4.79 Å². The van der Waals surface area contributed by atoms with Crippen molar-refractivity contribution in [1.29, 1.82) is 0 Å². The Balaban J connectivity index is 2.13. The molecule has 0 fully saturated rings. The van der Waals surface area contributed by atoms with Crippen LogP contribution in [0.3, 0.4) is 0 Å². The molecule has 0 saturated carbocycles. The first kappa shape index (κ1) is 11.5. The summed E-state index contributed by atoms with van der Waals surface area (Å²) in [5.74, 6) is 0.725. The van der Waals surface area contributed by atoms with Crippen LogP contribution in [0.25, 0.3) is 0 Å². The van der Waals surface area contributed by atoms with Crippen LogP contribution in [0.15, 0.2) is 4.34 Å². The van der Waals surface area contributed by atoms with Gasteiger partial charge in [-0.05, 0) is 13.3 Å². The van der Waals surface area contributed by atoms with Crippen molar-refractivity contribution < 1.29 is 9.53 Å². The Morgan fingerprint density at radius 2 is 2.36 bits per heavy atom. The minimum atomic E-state index is -0.154. The largest absolute Gasteiger partial charge is 0.469 e. The van der Waals surface area contributed by atoms with E-state index in [-0.39, 0.29) is 5.97 Å². The van der Waals surface area contributed by atoms with Gasteiger partial charge in [0, 0.05) is 12.2 Å². The zero-order chi connectivity index (χ0) is 10.4. The summed E-state index contributed by atoms with van der Waals surface area (Å²) >= 11 is 3.21. The van der Waals surface area contributed by atoms with Crippen LogP contribution in [0.2, 0.25) is 0 Å². The van der Waals surface area contributed by atoms with Crippen LogP contribution in [-0.2, 0) is 9.53 Å². The van der Waals surface area contributed by atoms with Gasteiger partial charge in [-0.25, -0.2) is 0 Å². The average molecular weight is 232 g/mol. The maximum atomic E-state index is 10.8. The molecular formula is C8H12N2O2S2. The van der Waals surface area contributed by atoms with Gasteiger partial charge in [0.1, 0.15) is 5.01 Å². The van der Waals surface area contributed by atoms with E-state index in [1.165, 1.54) is 7.11 Å². The first-order chi connectivity index (χ1) is 6.72. The third-order valence-electron chi connectivity index (χ3n) is 1.49. The number of hydrogen-bond acceptors (Lipinski definition) is 6. The van der Waals surface area contributed by atoms with Gasteiger partial charge >= 0.3 is 5.97 Å². The van der Waals surface area contributed by atoms with Crippen molar-refractivity contribution in [3.8, 4) is 0 Å². The quantitative estimate of drug-likeness (QED) is 0.441. The summed E-state index contributed by atoms with van der Waals surface area (Å²) in [4.78, 5) is 10.8. The fraction of sp³-hybridized carbons (Fsp3) is 0.625. The second kappa shape index (κ2) is 5.98. The number of carbonyl (C=O) groups excluding carboxylic acids is 1. The number of methoxy groups -OCH3 is 1. The van der Waals surface area contributed by atoms with Gasteiger partial charge in [0.25, 0.3) is 0 Å². The Morgan fingerprint density at radius 1 is 1.57 bits per heavy atom. The number of thioether (sulfide) groups is 1. The number of hydrogen-bond donors (Lipinski definition) is 0. The van der Waals surface area contributed by atoms with Crippen LogP contribution < -0.4 is 0 Å². The predicted molar refractivity (Wildman–Crippen MR) is 56.6 cm³/mol. The van der Waals surface area contributed by atoms with Gasteiger partial charge in [0.15, 0.2) is 4.34 Å². The molecule has 14 heavy (non-hydrogen) atoms. The third kappa shape index (κ3) is 4.06. The summed E-state index contributed by atoms with van der Waals surface area (Å²) in [5.41, 5.74) is 0. The Labute approximate surface area is 91.1 Å². The van der Waals surface area contributed by atoms with Gasteiger partial charge in [-0.3, -0.25) is 4.79 Å². The maximum absolute atomic E-state index is 10.8. The number of rotatable bonds is 5. The van der Waals surface area contributed by atoms with Gasteiger partial charge in [-0.1, -0.05) is 23.1 Å². The van der Waals surface area contributed by atoms with E-state index in [1.807, 2.05) is 6.92 Å². The van der Waals surface area contributed by atoms with E-state index < -0.39 is 0 Å². The molecule has 0 N–H and O–H groups in total. The van der Waals surface area contributed by atoms with E-state index in [1.54, 1.807) is 23.1 Å². The molecule has 1 aromatic heterocycles. The minimum absolute atomic E-state index is 0.154. The molecule has 0 radical (unpaired) electrons. The molecular weight excluding hydrogens is 220 g/mol. The molecule has 0 amide bonds. The lowest BCUT2D eigenvalue weighted by Gasteiger charge is -1.97. The SMILES string of the molecule is COC(=O)CCCSc1nnc(C)s1. The predicted octanol–water partition coefficient (Wildman–Crippen LogP) is 1.89. The summed E-state index contributed by atoms with van der Waals surface area (Å²) in [6.45, 7) is 1.93. The second-order valence-electron chi connectivity index (χ2n) is 2.62. The molecule has 78 valence electrons. The lowest BCUT2D eigenvalue weighted by atomic mass is 10.3. The van der Waals surface area contributed by atoms with E-state index >= 15 is 0 Å². The molecule has 6 heteroatoms. The van der Waals surface area contributed by atoms with Gasteiger partial charge in [0.2, 0.25) is 0 Å². The summed E-state index contributed by atoms with van der Waals surface area (Å²) < 4.78 is 5.50. The van der Waals surface area contributed by atoms with Gasteiger partial charge in [0.05, 0.1) is 7.11 Å². The molecule has 0 bridgehead atoms. The van der Waals surface area contributed by atoms with Crippen LogP contribution >= 0.6 is 23.1 Å². The standard InChI is InChI=1S/C8H12N2O2S2/c1-6-9-10-8(14-6)13-5-3-4-7(11)12-2/h3-5H2,1-2H3. The number of aromatic nitrogens is 2. The molecule has 0 atom stereocenters. The number of nitrogens with zero attached hydrogens (tertiary/aromatic N) is 2. The highest BCUT2D eigenvalue weighted by molar-refractivity contribution is 8.01. The average Bonchev–Trinajstić information content (AvgIpc) is 2.58. The third-order valence-corrected chi connectivity index (χ3v) is 3.54. The highest BCUT2D eigenvalue weighted by Crippen LogP contribution is 2.22. The van der Waals surface area contributed by atoms with Crippen molar-refractivity contribution in [3.05, 3.63) is 5.01 Å². The van der Waals surface area contributed by atoms with Crippen molar-refractivity contribution in [3.63, 3.8) is 0 Å². The van der Waals surface area contributed by atoms with E-state index in [2.05, 4.69) is 14.9 Å². The number of aryl methyl sites for hydroxylation is 1. The molecule has 0 unspecified atom stereocenters. The highest BCUT2D eigenvalue weighted by atomic mass is 32.2. The molecule has 0 aliphatic heterocycles. The topological polar surface area (TPSA) is 52.1 Å². The van der Waals surface area contributed by atoms with Gasteiger partial charge in [-0.2, -0.15) is 0 Å². The molecule has 1 aromatic rings. The van der Waals surface area contributed by atoms with E-state index in [4.69, 9.17) is 0 Å². The van der Waals surface area contributed by atoms with Gasteiger partial charge < -0.3 is 4.74 Å². The van der Waals surface area contributed by atoms with Crippen LogP contribution in [0.5, 0.6) is 0 Å². The zero-order valence-corrected chi connectivity index (χ0v) is 9.78. The molecule has 0 spiro atoms. The Hall–Kier alpha value is -0.620. The van der Waals surface area contributed by atoms with Crippen LogP contribution in [-0.4, -0.2) is 29.0 Å². The lowest BCUT2D eigenvalue weighted by Crippen LogP contribution is -1.99. The van der Waals surface area contributed by atoms with Crippen molar-refractivity contribution in [2.75, 3.05) is 12.9 Å². The lowest BCUT2D eigenvalue weighted by molar-refractivity contribution is -0.140. The molecule has 0 saturated heterocycles.